The fourth-order valence-electron chi connectivity index (χ4n) is 2.39. The van der Waals surface area contributed by atoms with Crippen LogP contribution in [0.25, 0.3) is 0 Å². The Balaban J connectivity index is 1.92. The first-order valence-electron chi connectivity index (χ1n) is 6.53. The van der Waals surface area contributed by atoms with E-state index in [0.717, 1.165) is 31.4 Å². The van der Waals surface area contributed by atoms with Crippen LogP contribution < -0.4 is 5.32 Å². The Kier molecular flexibility index (Phi) is 3.97. The third-order valence-electron chi connectivity index (χ3n) is 3.48. The van der Waals surface area contributed by atoms with Crippen molar-refractivity contribution in [3.05, 3.63) is 29.6 Å². The number of carbonyl (C=O) groups is 1. The summed E-state index contributed by atoms with van der Waals surface area (Å²) in [6.07, 6.45) is 4.79. The zero-order chi connectivity index (χ0) is 13.0. The van der Waals surface area contributed by atoms with Crippen molar-refractivity contribution in [1.29, 1.82) is 0 Å². The summed E-state index contributed by atoms with van der Waals surface area (Å²) in [7, 11) is 0. The Hall–Kier alpha value is -1.42. The second kappa shape index (κ2) is 5.48. The zero-order valence-corrected chi connectivity index (χ0v) is 10.8. The summed E-state index contributed by atoms with van der Waals surface area (Å²) in [6.45, 7) is 2.17. The smallest absolute Gasteiger partial charge is 0.269 e. The molecule has 1 saturated carbocycles. The number of pyridine rings is 1. The summed E-state index contributed by atoms with van der Waals surface area (Å²) >= 11 is 0. The molecule has 0 aromatic carbocycles. The number of hydrogen-bond acceptors (Lipinski definition) is 3. The molecular formula is C14H20N2O2. The van der Waals surface area contributed by atoms with E-state index in [-0.39, 0.29) is 5.91 Å². The highest BCUT2D eigenvalue weighted by molar-refractivity contribution is 5.92. The van der Waals surface area contributed by atoms with Crippen LogP contribution in [0, 0.1) is 6.92 Å². The molecular weight excluding hydrogens is 228 g/mol. The Bertz CT molecular complexity index is 426. The number of carbonyl (C=O) groups excluding carboxylic acids is 1. The first-order valence-corrected chi connectivity index (χ1v) is 6.53. The highest BCUT2D eigenvalue weighted by Crippen LogP contribution is 2.27. The fourth-order valence-corrected chi connectivity index (χ4v) is 2.39. The van der Waals surface area contributed by atoms with Crippen molar-refractivity contribution in [2.75, 3.05) is 6.54 Å². The molecule has 0 aliphatic heterocycles. The van der Waals surface area contributed by atoms with Crippen molar-refractivity contribution in [3.8, 4) is 0 Å². The van der Waals surface area contributed by atoms with Gasteiger partial charge in [-0.2, -0.15) is 0 Å². The van der Waals surface area contributed by atoms with Crippen molar-refractivity contribution in [3.63, 3.8) is 0 Å². The lowest BCUT2D eigenvalue weighted by Crippen LogP contribution is -2.44. The van der Waals surface area contributed by atoms with Gasteiger partial charge in [0.25, 0.3) is 5.91 Å². The van der Waals surface area contributed by atoms with E-state index in [9.17, 15) is 9.90 Å². The molecule has 1 aromatic heterocycles. The minimum atomic E-state index is -0.724. The van der Waals surface area contributed by atoms with E-state index in [1.807, 2.05) is 19.1 Å². The molecule has 1 amide bonds. The average molecular weight is 248 g/mol. The lowest BCUT2D eigenvalue weighted by Gasteiger charge is -2.32. The Morgan fingerprint density at radius 3 is 2.78 bits per heavy atom. The highest BCUT2D eigenvalue weighted by atomic mass is 16.3. The van der Waals surface area contributed by atoms with Gasteiger partial charge in [0.2, 0.25) is 0 Å². The molecule has 0 radical (unpaired) electrons. The quantitative estimate of drug-likeness (QED) is 0.857. The van der Waals surface area contributed by atoms with Gasteiger partial charge in [0.15, 0.2) is 0 Å². The molecule has 0 bridgehead atoms. The third-order valence-corrected chi connectivity index (χ3v) is 3.48. The van der Waals surface area contributed by atoms with Crippen LogP contribution in [0.4, 0.5) is 0 Å². The Morgan fingerprint density at radius 2 is 2.11 bits per heavy atom. The van der Waals surface area contributed by atoms with E-state index >= 15 is 0 Å². The normalized spacial score (nSPS) is 18.3. The standard InChI is InChI=1S/C14H20N2O2/c1-11-6-5-7-12(16-11)13(17)15-10-14(18)8-3-2-4-9-14/h5-7,18H,2-4,8-10H2,1H3,(H,15,17). The SMILES string of the molecule is Cc1cccc(C(=O)NCC2(O)CCCCC2)n1. The molecule has 0 atom stereocenters. The second-order valence-corrected chi connectivity index (χ2v) is 5.13. The monoisotopic (exact) mass is 248 g/mol. The molecule has 4 heteroatoms. The second-order valence-electron chi connectivity index (χ2n) is 5.13. The maximum Gasteiger partial charge on any atom is 0.269 e. The van der Waals surface area contributed by atoms with Gasteiger partial charge in [0.1, 0.15) is 5.69 Å². The largest absolute Gasteiger partial charge is 0.388 e. The Morgan fingerprint density at radius 1 is 1.39 bits per heavy atom. The van der Waals surface area contributed by atoms with Crippen LogP contribution in [0.3, 0.4) is 0 Å². The highest BCUT2D eigenvalue weighted by Gasteiger charge is 2.29. The summed E-state index contributed by atoms with van der Waals surface area (Å²) in [5.41, 5.74) is 0.506. The van der Waals surface area contributed by atoms with Crippen LogP contribution in [-0.4, -0.2) is 28.1 Å². The molecule has 1 aliphatic carbocycles. The van der Waals surface area contributed by atoms with Crippen molar-refractivity contribution in [2.24, 2.45) is 0 Å². The van der Waals surface area contributed by atoms with Gasteiger partial charge in [-0.1, -0.05) is 25.3 Å². The molecule has 2 rings (SSSR count). The molecule has 1 fully saturated rings. The summed E-state index contributed by atoms with van der Waals surface area (Å²) in [5.74, 6) is -0.210. The number of aliphatic hydroxyl groups is 1. The average Bonchev–Trinajstić information content (AvgIpc) is 2.37. The predicted octanol–water partition coefficient (Wildman–Crippen LogP) is 1.82. The molecule has 0 unspecified atom stereocenters. The van der Waals surface area contributed by atoms with Gasteiger partial charge >= 0.3 is 0 Å². The number of hydrogen-bond donors (Lipinski definition) is 2. The third kappa shape index (κ3) is 3.29. The maximum atomic E-state index is 11.9. The van der Waals surface area contributed by atoms with E-state index in [1.54, 1.807) is 6.07 Å². The van der Waals surface area contributed by atoms with Crippen molar-refractivity contribution < 1.29 is 9.90 Å². The maximum absolute atomic E-state index is 11.9. The summed E-state index contributed by atoms with van der Waals surface area (Å²) < 4.78 is 0. The van der Waals surface area contributed by atoms with Crippen LogP contribution in [0.2, 0.25) is 0 Å². The summed E-state index contributed by atoms with van der Waals surface area (Å²) in [6, 6.07) is 5.35. The first kappa shape index (κ1) is 13.0. The molecule has 1 aromatic rings. The van der Waals surface area contributed by atoms with E-state index in [1.165, 1.54) is 6.42 Å². The lowest BCUT2D eigenvalue weighted by molar-refractivity contribution is 0.00521. The number of nitrogens with one attached hydrogen (secondary N) is 1. The van der Waals surface area contributed by atoms with Crippen LogP contribution >= 0.6 is 0 Å². The van der Waals surface area contributed by atoms with Crippen molar-refractivity contribution in [2.45, 2.75) is 44.6 Å². The number of aromatic nitrogens is 1. The number of rotatable bonds is 3. The van der Waals surface area contributed by atoms with Crippen molar-refractivity contribution in [1.82, 2.24) is 10.3 Å². The van der Waals surface area contributed by atoms with Gasteiger partial charge in [-0.15, -0.1) is 0 Å². The number of nitrogens with zero attached hydrogens (tertiary/aromatic N) is 1. The van der Waals surface area contributed by atoms with E-state index in [0.29, 0.717) is 12.2 Å². The molecule has 0 spiro atoms. The van der Waals surface area contributed by atoms with Crippen LogP contribution in [0.5, 0.6) is 0 Å². The van der Waals surface area contributed by atoms with E-state index in [4.69, 9.17) is 0 Å². The van der Waals surface area contributed by atoms with Gasteiger partial charge in [-0.3, -0.25) is 4.79 Å². The molecule has 4 nitrogen and oxygen atoms in total. The number of aryl methyl sites for hydroxylation is 1. The molecule has 0 saturated heterocycles. The first-order chi connectivity index (χ1) is 8.59. The van der Waals surface area contributed by atoms with Gasteiger partial charge in [-0.05, 0) is 31.9 Å². The predicted molar refractivity (Wildman–Crippen MR) is 69.3 cm³/mol. The minimum Gasteiger partial charge on any atom is -0.388 e. The van der Waals surface area contributed by atoms with Crippen LogP contribution in [0.1, 0.15) is 48.3 Å². The summed E-state index contributed by atoms with van der Waals surface area (Å²) in [5, 5.41) is 13.1. The fraction of sp³-hybridized carbons (Fsp3) is 0.571. The van der Waals surface area contributed by atoms with Gasteiger partial charge in [-0.25, -0.2) is 4.98 Å². The number of amides is 1. The van der Waals surface area contributed by atoms with E-state index in [2.05, 4.69) is 10.3 Å². The van der Waals surface area contributed by atoms with Gasteiger partial charge < -0.3 is 10.4 Å². The topological polar surface area (TPSA) is 62.2 Å². The molecule has 1 aliphatic rings. The molecule has 2 N–H and O–H groups in total. The van der Waals surface area contributed by atoms with Gasteiger partial charge in [0.05, 0.1) is 5.60 Å². The zero-order valence-electron chi connectivity index (χ0n) is 10.8. The Labute approximate surface area is 107 Å². The van der Waals surface area contributed by atoms with Crippen LogP contribution in [-0.2, 0) is 0 Å². The minimum absolute atomic E-state index is 0.210. The van der Waals surface area contributed by atoms with E-state index < -0.39 is 5.60 Å². The lowest BCUT2D eigenvalue weighted by atomic mass is 9.85. The molecule has 1 heterocycles. The van der Waals surface area contributed by atoms with Crippen LogP contribution in [0.15, 0.2) is 18.2 Å². The van der Waals surface area contributed by atoms with Gasteiger partial charge in [0, 0.05) is 12.2 Å². The molecule has 98 valence electrons. The van der Waals surface area contributed by atoms with Crippen molar-refractivity contribution >= 4 is 5.91 Å². The summed E-state index contributed by atoms with van der Waals surface area (Å²) in [4.78, 5) is 16.1. The molecule has 18 heavy (non-hydrogen) atoms.